The molecule has 104 valence electrons. The third kappa shape index (κ3) is 2.35. The normalized spacial score (nSPS) is 13.5. The number of amides is 2. The maximum atomic E-state index is 12.2. The fraction of sp³-hybridized carbons (Fsp3) is 0.0667. The Balaban J connectivity index is 1.89. The molecule has 2 aromatic rings. The van der Waals surface area contributed by atoms with Crippen LogP contribution in [0.1, 0.15) is 26.3 Å². The Bertz CT molecular complexity index is 694. The predicted octanol–water partition coefficient (Wildman–Crippen LogP) is 0.163. The van der Waals surface area contributed by atoms with Crippen LogP contribution in [0.4, 0.5) is 0 Å². The van der Waals surface area contributed by atoms with E-state index >= 15 is 0 Å². The Labute approximate surface area is 121 Å². The van der Waals surface area contributed by atoms with Crippen LogP contribution in [0, 0.1) is 0 Å². The van der Waals surface area contributed by atoms with Gasteiger partial charge in [0.05, 0.1) is 17.7 Å². The number of nitrogens with zero attached hydrogens (tertiary/aromatic N) is 1. The van der Waals surface area contributed by atoms with E-state index in [2.05, 4.69) is 0 Å². The minimum absolute atomic E-state index is 0.104. The molecule has 2 N–H and O–H groups in total. The number of benzene rings is 2. The van der Waals surface area contributed by atoms with Gasteiger partial charge >= 0.3 is 7.12 Å². The number of carbonyl (C=O) groups is 2. The van der Waals surface area contributed by atoms with Crippen LogP contribution in [0.15, 0.2) is 48.5 Å². The summed E-state index contributed by atoms with van der Waals surface area (Å²) in [4.78, 5) is 25.6. The number of hydrogen-bond acceptors (Lipinski definition) is 4. The Hall–Kier alpha value is -2.44. The van der Waals surface area contributed by atoms with Gasteiger partial charge in [0.1, 0.15) is 0 Å². The molecule has 2 amide bonds. The zero-order valence-electron chi connectivity index (χ0n) is 11.1. The van der Waals surface area contributed by atoms with Crippen molar-refractivity contribution in [2.24, 2.45) is 0 Å². The van der Waals surface area contributed by atoms with Gasteiger partial charge in [0, 0.05) is 0 Å². The number of fused-ring (bicyclic) bond motifs is 1. The van der Waals surface area contributed by atoms with E-state index in [1.54, 1.807) is 48.5 Å². The van der Waals surface area contributed by atoms with E-state index in [9.17, 15) is 9.59 Å². The molecule has 1 aliphatic rings. The lowest BCUT2D eigenvalue weighted by Gasteiger charge is -2.14. The van der Waals surface area contributed by atoms with Crippen molar-refractivity contribution >= 4 is 24.4 Å². The summed E-state index contributed by atoms with van der Waals surface area (Å²) in [6.07, 6.45) is 0. The van der Waals surface area contributed by atoms with Gasteiger partial charge in [0.15, 0.2) is 0 Å². The highest BCUT2D eigenvalue weighted by atomic mass is 16.4. The summed E-state index contributed by atoms with van der Waals surface area (Å²) in [6.45, 7) is 0.104. The topological polar surface area (TPSA) is 77.8 Å². The van der Waals surface area contributed by atoms with E-state index in [1.165, 1.54) is 0 Å². The van der Waals surface area contributed by atoms with Crippen molar-refractivity contribution in [1.29, 1.82) is 0 Å². The zero-order valence-corrected chi connectivity index (χ0v) is 11.1. The van der Waals surface area contributed by atoms with Crippen LogP contribution in [0.2, 0.25) is 0 Å². The largest absolute Gasteiger partial charge is 0.488 e. The molecule has 0 aromatic heterocycles. The smallest absolute Gasteiger partial charge is 0.423 e. The van der Waals surface area contributed by atoms with E-state index in [0.717, 1.165) is 4.90 Å². The molecule has 0 saturated carbocycles. The molecule has 2 aromatic carbocycles. The number of imide groups is 1. The Kier molecular flexibility index (Phi) is 3.33. The molecule has 0 fully saturated rings. The fourth-order valence-corrected chi connectivity index (χ4v) is 2.42. The van der Waals surface area contributed by atoms with E-state index in [1.807, 2.05) is 0 Å². The molecular weight excluding hydrogens is 269 g/mol. The minimum atomic E-state index is -1.58. The molecule has 3 rings (SSSR count). The Morgan fingerprint density at radius 1 is 0.905 bits per heavy atom. The highest BCUT2D eigenvalue weighted by Crippen LogP contribution is 2.23. The zero-order chi connectivity index (χ0) is 15.0. The second-order valence-electron chi connectivity index (χ2n) is 4.86. The number of rotatable bonds is 3. The van der Waals surface area contributed by atoms with Crippen molar-refractivity contribution in [3.8, 4) is 0 Å². The molecule has 0 spiro atoms. The van der Waals surface area contributed by atoms with Crippen molar-refractivity contribution in [2.45, 2.75) is 6.54 Å². The van der Waals surface area contributed by atoms with Crippen molar-refractivity contribution in [3.63, 3.8) is 0 Å². The van der Waals surface area contributed by atoms with Crippen LogP contribution < -0.4 is 5.46 Å². The first-order valence-corrected chi connectivity index (χ1v) is 6.48. The van der Waals surface area contributed by atoms with E-state index in [0.29, 0.717) is 22.2 Å². The van der Waals surface area contributed by atoms with E-state index in [-0.39, 0.29) is 18.4 Å². The van der Waals surface area contributed by atoms with Gasteiger partial charge in [-0.05, 0) is 23.2 Å². The molecule has 0 radical (unpaired) electrons. The molecule has 21 heavy (non-hydrogen) atoms. The summed E-state index contributed by atoms with van der Waals surface area (Å²) in [7, 11) is -1.58. The van der Waals surface area contributed by atoms with Crippen LogP contribution in [0.3, 0.4) is 0 Å². The quantitative estimate of drug-likeness (QED) is 0.620. The van der Waals surface area contributed by atoms with E-state index in [4.69, 9.17) is 10.0 Å². The van der Waals surface area contributed by atoms with Crippen LogP contribution in [-0.4, -0.2) is 33.9 Å². The van der Waals surface area contributed by atoms with Gasteiger partial charge < -0.3 is 10.0 Å². The highest BCUT2D eigenvalue weighted by Gasteiger charge is 2.34. The van der Waals surface area contributed by atoms with E-state index < -0.39 is 7.12 Å². The summed E-state index contributed by atoms with van der Waals surface area (Å²) in [5.41, 5.74) is 1.79. The first kappa shape index (κ1) is 13.5. The number of carbonyl (C=O) groups excluding carboxylic acids is 2. The van der Waals surface area contributed by atoms with Gasteiger partial charge in [-0.15, -0.1) is 0 Å². The maximum Gasteiger partial charge on any atom is 0.488 e. The summed E-state index contributed by atoms with van der Waals surface area (Å²) in [5, 5.41) is 18.3. The fourth-order valence-electron chi connectivity index (χ4n) is 2.42. The number of hydrogen-bond donors (Lipinski definition) is 2. The SMILES string of the molecule is O=C1c2ccccc2C(=O)N1Cc1cccc(B(O)O)c1. The van der Waals surface area contributed by atoms with Gasteiger partial charge in [-0.2, -0.15) is 0 Å². The van der Waals surface area contributed by atoms with Crippen LogP contribution in [0.5, 0.6) is 0 Å². The summed E-state index contributed by atoms with van der Waals surface area (Å²) in [5.74, 6) is -0.656. The molecule has 0 saturated heterocycles. The second kappa shape index (κ2) is 5.16. The maximum absolute atomic E-state index is 12.2. The first-order chi connectivity index (χ1) is 10.1. The van der Waals surface area contributed by atoms with Crippen molar-refractivity contribution < 1.29 is 19.6 Å². The average Bonchev–Trinajstić information content (AvgIpc) is 2.73. The molecular formula is C15H12BNO4. The van der Waals surface area contributed by atoms with Crippen molar-refractivity contribution in [3.05, 3.63) is 65.2 Å². The Morgan fingerprint density at radius 3 is 2.10 bits per heavy atom. The monoisotopic (exact) mass is 281 g/mol. The van der Waals surface area contributed by atoms with Crippen LogP contribution in [0.25, 0.3) is 0 Å². The van der Waals surface area contributed by atoms with Crippen molar-refractivity contribution in [1.82, 2.24) is 4.90 Å². The third-order valence-electron chi connectivity index (χ3n) is 3.47. The third-order valence-corrected chi connectivity index (χ3v) is 3.47. The molecule has 5 nitrogen and oxygen atoms in total. The van der Waals surface area contributed by atoms with Gasteiger partial charge in [0.2, 0.25) is 0 Å². The van der Waals surface area contributed by atoms with Crippen molar-refractivity contribution in [2.75, 3.05) is 0 Å². The average molecular weight is 281 g/mol. The molecule has 0 atom stereocenters. The van der Waals surface area contributed by atoms with Crippen LogP contribution >= 0.6 is 0 Å². The summed E-state index contributed by atoms with van der Waals surface area (Å²) in [6, 6.07) is 13.2. The van der Waals surface area contributed by atoms with Crippen LogP contribution in [-0.2, 0) is 6.54 Å². The summed E-state index contributed by atoms with van der Waals surface area (Å²) < 4.78 is 0. The molecule has 6 heteroatoms. The lowest BCUT2D eigenvalue weighted by atomic mass is 9.79. The van der Waals surface area contributed by atoms with Gasteiger partial charge in [-0.1, -0.05) is 36.4 Å². The molecule has 1 heterocycles. The molecule has 0 bridgehead atoms. The minimum Gasteiger partial charge on any atom is -0.423 e. The second-order valence-corrected chi connectivity index (χ2v) is 4.86. The standard InChI is InChI=1S/C15H12BNO4/c18-14-12-6-1-2-7-13(12)15(19)17(14)9-10-4-3-5-11(8-10)16(20)21/h1-8,20-21H,9H2. The lowest BCUT2D eigenvalue weighted by molar-refractivity contribution is 0.0642. The summed E-state index contributed by atoms with van der Waals surface area (Å²) >= 11 is 0. The molecule has 1 aliphatic heterocycles. The highest BCUT2D eigenvalue weighted by molar-refractivity contribution is 6.58. The van der Waals surface area contributed by atoms with Gasteiger partial charge in [-0.3, -0.25) is 14.5 Å². The van der Waals surface area contributed by atoms with Gasteiger partial charge in [0.25, 0.3) is 11.8 Å². The first-order valence-electron chi connectivity index (χ1n) is 6.48. The van der Waals surface area contributed by atoms with Gasteiger partial charge in [-0.25, -0.2) is 0 Å². The molecule has 0 unspecified atom stereocenters. The lowest BCUT2D eigenvalue weighted by Crippen LogP contribution is -2.32. The molecule has 0 aliphatic carbocycles. The Morgan fingerprint density at radius 2 is 1.52 bits per heavy atom. The predicted molar refractivity (Wildman–Crippen MR) is 76.9 cm³/mol.